The first-order valence-corrected chi connectivity index (χ1v) is 6.62. The molecule has 0 spiro atoms. The maximum Gasteiger partial charge on any atom is 0.217 e. The fraction of sp³-hybridized carbons (Fsp3) is 0.214. The SMILES string of the molecule is COc1ncccc1CNCc1cc(F)cc(Br)c1. The standard InChI is InChI=1S/C14H14BrFN2O/c1-19-14-11(3-2-4-18-14)9-17-8-10-5-12(15)7-13(16)6-10/h2-7,17H,8-9H2,1H3. The largest absolute Gasteiger partial charge is 0.481 e. The highest BCUT2D eigenvalue weighted by Crippen LogP contribution is 2.16. The first-order chi connectivity index (χ1) is 9.19. The maximum atomic E-state index is 13.2. The highest BCUT2D eigenvalue weighted by atomic mass is 79.9. The predicted molar refractivity (Wildman–Crippen MR) is 75.4 cm³/mol. The molecule has 0 aliphatic heterocycles. The van der Waals surface area contributed by atoms with E-state index in [0.29, 0.717) is 19.0 Å². The summed E-state index contributed by atoms with van der Waals surface area (Å²) in [6.07, 6.45) is 1.69. The number of aromatic nitrogens is 1. The first-order valence-electron chi connectivity index (χ1n) is 5.82. The summed E-state index contributed by atoms with van der Waals surface area (Å²) in [5.74, 6) is 0.362. The van der Waals surface area contributed by atoms with Crippen molar-refractivity contribution in [2.24, 2.45) is 0 Å². The molecule has 0 radical (unpaired) electrons. The highest BCUT2D eigenvalue weighted by molar-refractivity contribution is 9.10. The van der Waals surface area contributed by atoms with Crippen molar-refractivity contribution in [1.82, 2.24) is 10.3 Å². The van der Waals surface area contributed by atoms with Gasteiger partial charge in [-0.15, -0.1) is 0 Å². The number of methoxy groups -OCH3 is 1. The Kier molecular flexibility index (Phi) is 4.87. The maximum absolute atomic E-state index is 13.2. The number of benzene rings is 1. The number of ether oxygens (including phenoxy) is 1. The second-order valence-electron chi connectivity index (χ2n) is 4.05. The molecule has 19 heavy (non-hydrogen) atoms. The van der Waals surface area contributed by atoms with E-state index in [0.717, 1.165) is 15.6 Å². The van der Waals surface area contributed by atoms with Crippen molar-refractivity contribution in [3.63, 3.8) is 0 Å². The Morgan fingerprint density at radius 2 is 2.16 bits per heavy atom. The molecule has 100 valence electrons. The summed E-state index contributed by atoms with van der Waals surface area (Å²) in [4.78, 5) is 4.12. The number of hydrogen-bond acceptors (Lipinski definition) is 3. The molecule has 2 rings (SSSR count). The van der Waals surface area contributed by atoms with E-state index in [9.17, 15) is 4.39 Å². The number of hydrogen-bond donors (Lipinski definition) is 1. The van der Waals surface area contributed by atoms with Crippen LogP contribution in [0.15, 0.2) is 41.0 Å². The summed E-state index contributed by atoms with van der Waals surface area (Å²) < 4.78 is 19.1. The Morgan fingerprint density at radius 3 is 2.89 bits per heavy atom. The van der Waals surface area contributed by atoms with Crippen molar-refractivity contribution in [1.29, 1.82) is 0 Å². The first kappa shape index (κ1) is 14.0. The van der Waals surface area contributed by atoms with Gasteiger partial charge in [-0.25, -0.2) is 9.37 Å². The number of nitrogens with one attached hydrogen (secondary N) is 1. The summed E-state index contributed by atoms with van der Waals surface area (Å²) >= 11 is 3.27. The third-order valence-electron chi connectivity index (χ3n) is 2.61. The van der Waals surface area contributed by atoms with E-state index in [1.807, 2.05) is 18.2 Å². The molecule has 1 aromatic carbocycles. The minimum absolute atomic E-state index is 0.245. The van der Waals surface area contributed by atoms with Crippen LogP contribution in [0.5, 0.6) is 5.88 Å². The average Bonchev–Trinajstić information content (AvgIpc) is 2.38. The van der Waals surface area contributed by atoms with Crippen LogP contribution in [0.3, 0.4) is 0 Å². The van der Waals surface area contributed by atoms with Crippen LogP contribution in [0, 0.1) is 5.82 Å². The molecule has 0 atom stereocenters. The van der Waals surface area contributed by atoms with Gasteiger partial charge in [-0.1, -0.05) is 22.0 Å². The van der Waals surface area contributed by atoms with E-state index in [1.54, 1.807) is 13.3 Å². The van der Waals surface area contributed by atoms with Crippen LogP contribution in [0.25, 0.3) is 0 Å². The Bertz CT molecular complexity index is 543. The lowest BCUT2D eigenvalue weighted by Crippen LogP contribution is -2.13. The highest BCUT2D eigenvalue weighted by Gasteiger charge is 2.03. The van der Waals surface area contributed by atoms with Crippen LogP contribution in [0.1, 0.15) is 11.1 Å². The Balaban J connectivity index is 1.96. The van der Waals surface area contributed by atoms with Gasteiger partial charge in [0.25, 0.3) is 0 Å². The van der Waals surface area contributed by atoms with Crippen LogP contribution in [-0.4, -0.2) is 12.1 Å². The van der Waals surface area contributed by atoms with Gasteiger partial charge in [-0.3, -0.25) is 0 Å². The van der Waals surface area contributed by atoms with Crippen LogP contribution in [0.4, 0.5) is 4.39 Å². The van der Waals surface area contributed by atoms with E-state index >= 15 is 0 Å². The van der Waals surface area contributed by atoms with E-state index in [-0.39, 0.29) is 5.82 Å². The smallest absolute Gasteiger partial charge is 0.217 e. The van der Waals surface area contributed by atoms with Crippen molar-refractivity contribution in [2.45, 2.75) is 13.1 Å². The van der Waals surface area contributed by atoms with Crippen molar-refractivity contribution >= 4 is 15.9 Å². The monoisotopic (exact) mass is 324 g/mol. The van der Waals surface area contributed by atoms with Crippen molar-refractivity contribution in [2.75, 3.05) is 7.11 Å². The van der Waals surface area contributed by atoms with Crippen LogP contribution < -0.4 is 10.1 Å². The lowest BCUT2D eigenvalue weighted by Gasteiger charge is -2.08. The summed E-state index contributed by atoms with van der Waals surface area (Å²) in [7, 11) is 1.59. The van der Waals surface area contributed by atoms with Crippen LogP contribution >= 0.6 is 15.9 Å². The molecular weight excluding hydrogens is 311 g/mol. The normalized spacial score (nSPS) is 10.5. The molecule has 0 aliphatic carbocycles. The van der Waals surface area contributed by atoms with Gasteiger partial charge >= 0.3 is 0 Å². The van der Waals surface area contributed by atoms with Crippen molar-refractivity contribution < 1.29 is 9.13 Å². The van der Waals surface area contributed by atoms with Crippen LogP contribution in [0.2, 0.25) is 0 Å². The molecule has 3 nitrogen and oxygen atoms in total. The molecule has 5 heteroatoms. The zero-order valence-electron chi connectivity index (χ0n) is 10.5. The Morgan fingerprint density at radius 1 is 1.32 bits per heavy atom. The van der Waals surface area contributed by atoms with Gasteiger partial charge in [0.05, 0.1) is 7.11 Å². The number of rotatable bonds is 5. The van der Waals surface area contributed by atoms with Gasteiger partial charge in [0.2, 0.25) is 5.88 Å². The molecule has 0 unspecified atom stereocenters. The topological polar surface area (TPSA) is 34.1 Å². The average molecular weight is 325 g/mol. The zero-order valence-corrected chi connectivity index (χ0v) is 12.1. The van der Waals surface area contributed by atoms with Gasteiger partial charge < -0.3 is 10.1 Å². The number of halogens is 2. The molecule has 1 N–H and O–H groups in total. The summed E-state index contributed by atoms with van der Waals surface area (Å²) in [5, 5.41) is 3.24. The van der Waals surface area contributed by atoms with Crippen molar-refractivity contribution in [3.05, 3.63) is 57.9 Å². The molecule has 0 aliphatic rings. The van der Waals surface area contributed by atoms with Crippen LogP contribution in [-0.2, 0) is 13.1 Å². The fourth-order valence-corrected chi connectivity index (χ4v) is 2.31. The fourth-order valence-electron chi connectivity index (χ4n) is 1.80. The second-order valence-corrected chi connectivity index (χ2v) is 4.97. The minimum Gasteiger partial charge on any atom is -0.481 e. The summed E-state index contributed by atoms with van der Waals surface area (Å²) in [6, 6.07) is 8.64. The number of nitrogens with zero attached hydrogens (tertiary/aromatic N) is 1. The third-order valence-corrected chi connectivity index (χ3v) is 3.07. The molecule has 1 heterocycles. The molecule has 0 saturated carbocycles. The molecule has 0 bridgehead atoms. The van der Waals surface area contributed by atoms with Gasteiger partial charge in [-0.2, -0.15) is 0 Å². The minimum atomic E-state index is -0.245. The van der Waals surface area contributed by atoms with E-state index < -0.39 is 0 Å². The zero-order chi connectivity index (χ0) is 13.7. The molecule has 0 amide bonds. The molecule has 0 fully saturated rings. The Hall–Kier alpha value is -1.46. The van der Waals surface area contributed by atoms with E-state index in [4.69, 9.17) is 4.74 Å². The summed E-state index contributed by atoms with van der Waals surface area (Å²) in [5.41, 5.74) is 1.86. The predicted octanol–water partition coefficient (Wildman–Crippen LogP) is 3.28. The molecule has 0 saturated heterocycles. The molecular formula is C14H14BrFN2O. The van der Waals surface area contributed by atoms with E-state index in [1.165, 1.54) is 12.1 Å². The lowest BCUT2D eigenvalue weighted by molar-refractivity contribution is 0.390. The van der Waals surface area contributed by atoms with Gasteiger partial charge in [0, 0.05) is 29.3 Å². The van der Waals surface area contributed by atoms with E-state index in [2.05, 4.69) is 26.2 Å². The van der Waals surface area contributed by atoms with Gasteiger partial charge in [0.15, 0.2) is 0 Å². The summed E-state index contributed by atoms with van der Waals surface area (Å²) in [6.45, 7) is 1.19. The third kappa shape index (κ3) is 4.01. The van der Waals surface area contributed by atoms with Crippen molar-refractivity contribution in [3.8, 4) is 5.88 Å². The second kappa shape index (κ2) is 6.63. The number of pyridine rings is 1. The Labute approximate surface area is 119 Å². The lowest BCUT2D eigenvalue weighted by atomic mass is 10.2. The van der Waals surface area contributed by atoms with Gasteiger partial charge in [0.1, 0.15) is 5.82 Å². The quantitative estimate of drug-likeness (QED) is 0.916. The molecule has 2 aromatic rings. The van der Waals surface area contributed by atoms with Gasteiger partial charge in [-0.05, 0) is 29.8 Å². The molecule has 1 aromatic heterocycles.